The van der Waals surface area contributed by atoms with Crippen molar-refractivity contribution in [1.29, 1.82) is 0 Å². The molecule has 194 valence electrons. The Hall–Kier alpha value is -4.76. The number of aromatic nitrogens is 1. The van der Waals surface area contributed by atoms with Crippen LogP contribution >= 0.6 is 0 Å². The van der Waals surface area contributed by atoms with E-state index in [1.807, 2.05) is 54.7 Å². The van der Waals surface area contributed by atoms with Gasteiger partial charge in [-0.25, -0.2) is 4.90 Å². The van der Waals surface area contributed by atoms with E-state index in [9.17, 15) is 19.2 Å². The van der Waals surface area contributed by atoms with Crippen molar-refractivity contribution in [3.63, 3.8) is 0 Å². The molecule has 0 radical (unpaired) electrons. The summed E-state index contributed by atoms with van der Waals surface area (Å²) in [5, 5.41) is 10.2. The Balaban J connectivity index is 1.33. The van der Waals surface area contributed by atoms with Gasteiger partial charge in [-0.3, -0.25) is 24.5 Å². The molecule has 4 atom stereocenters. The first-order chi connectivity index (χ1) is 18.9. The molecular formula is C30H25N5O4. The zero-order valence-electron chi connectivity index (χ0n) is 21.0. The first-order valence-corrected chi connectivity index (χ1v) is 12.9. The second-order valence-corrected chi connectivity index (χ2v) is 10.4. The van der Waals surface area contributed by atoms with Crippen molar-refractivity contribution >= 4 is 51.6 Å². The fraction of sp³-hybridized carbons (Fsp3) is 0.200. The molecule has 39 heavy (non-hydrogen) atoms. The molecule has 9 heteroatoms. The number of carbonyl (C=O) groups is 4. The molecule has 4 heterocycles. The van der Waals surface area contributed by atoms with Crippen molar-refractivity contribution in [1.82, 2.24) is 10.3 Å². The number of hydrogen-bond donors (Lipinski definition) is 4. The molecule has 2 saturated heterocycles. The van der Waals surface area contributed by atoms with Gasteiger partial charge in [-0.1, -0.05) is 36.4 Å². The number of benzene rings is 3. The quantitative estimate of drug-likeness (QED) is 0.308. The highest BCUT2D eigenvalue weighted by molar-refractivity contribution is 6.26. The monoisotopic (exact) mass is 519 g/mol. The number of imide groups is 1. The number of amides is 4. The van der Waals surface area contributed by atoms with E-state index in [0.717, 1.165) is 16.5 Å². The molecule has 0 aliphatic carbocycles. The van der Waals surface area contributed by atoms with E-state index in [1.54, 1.807) is 24.3 Å². The van der Waals surface area contributed by atoms with E-state index >= 15 is 0 Å². The Kier molecular flexibility index (Phi) is 5.02. The minimum absolute atomic E-state index is 0.218. The Morgan fingerprint density at radius 1 is 0.949 bits per heavy atom. The summed E-state index contributed by atoms with van der Waals surface area (Å²) in [5.41, 5.74) is 2.90. The minimum atomic E-state index is -1.37. The number of aromatic amines is 1. The highest BCUT2D eigenvalue weighted by Gasteiger charge is 2.70. The van der Waals surface area contributed by atoms with Gasteiger partial charge in [0.15, 0.2) is 0 Å². The molecule has 1 aromatic heterocycles. The van der Waals surface area contributed by atoms with E-state index in [1.165, 1.54) is 11.8 Å². The third-order valence-corrected chi connectivity index (χ3v) is 8.18. The number of nitrogens with zero attached hydrogens (tertiary/aromatic N) is 1. The van der Waals surface area contributed by atoms with E-state index in [0.29, 0.717) is 29.0 Å². The van der Waals surface area contributed by atoms with Crippen LogP contribution in [0.2, 0.25) is 0 Å². The fourth-order valence-corrected chi connectivity index (χ4v) is 6.62. The lowest BCUT2D eigenvalue weighted by molar-refractivity contribution is -0.130. The highest BCUT2D eigenvalue weighted by atomic mass is 16.2. The average molecular weight is 520 g/mol. The summed E-state index contributed by atoms with van der Waals surface area (Å²) < 4.78 is 0. The average Bonchev–Trinajstić information content (AvgIpc) is 3.63. The smallest absolute Gasteiger partial charge is 0.250 e. The van der Waals surface area contributed by atoms with Gasteiger partial charge in [-0.2, -0.15) is 0 Å². The molecule has 0 saturated carbocycles. The number of nitrogens with one attached hydrogen (secondary N) is 4. The van der Waals surface area contributed by atoms with Crippen LogP contribution in [0.1, 0.15) is 18.1 Å². The van der Waals surface area contributed by atoms with Gasteiger partial charge in [-0.05, 0) is 48.4 Å². The maximum atomic E-state index is 14.1. The molecule has 3 aliphatic heterocycles. The SMILES string of the molecule is CC(=O)Nc1ccc(N2C(=O)[C@@H]3C(Cc4c[nH]c5ccccc45)NC4(C(=O)Nc5ccccc54)[C@@H]3C2=O)cc1. The van der Waals surface area contributed by atoms with Crippen LogP contribution in [0.3, 0.4) is 0 Å². The van der Waals surface area contributed by atoms with Crippen molar-refractivity contribution in [3.05, 3.63) is 90.1 Å². The number of H-pyrrole nitrogens is 1. The predicted molar refractivity (Wildman–Crippen MR) is 146 cm³/mol. The molecule has 2 unspecified atom stereocenters. The molecule has 3 aromatic carbocycles. The summed E-state index contributed by atoms with van der Waals surface area (Å²) in [4.78, 5) is 57.8. The van der Waals surface area contributed by atoms with Gasteiger partial charge >= 0.3 is 0 Å². The lowest BCUT2D eigenvalue weighted by Crippen LogP contribution is -2.53. The third kappa shape index (κ3) is 3.29. The summed E-state index contributed by atoms with van der Waals surface area (Å²) in [5.74, 6) is -2.98. The van der Waals surface area contributed by atoms with Crippen molar-refractivity contribution in [2.75, 3.05) is 15.5 Å². The molecule has 4 amide bonds. The molecule has 7 rings (SSSR count). The number of para-hydroxylation sites is 2. The molecule has 4 aromatic rings. The fourth-order valence-electron chi connectivity index (χ4n) is 6.62. The lowest BCUT2D eigenvalue weighted by atomic mass is 9.76. The zero-order chi connectivity index (χ0) is 26.9. The zero-order valence-corrected chi connectivity index (χ0v) is 21.0. The summed E-state index contributed by atoms with van der Waals surface area (Å²) >= 11 is 0. The number of hydrogen-bond acceptors (Lipinski definition) is 5. The Labute approximate surface area is 223 Å². The van der Waals surface area contributed by atoms with Crippen LogP contribution in [0.15, 0.2) is 79.0 Å². The molecule has 4 N–H and O–H groups in total. The van der Waals surface area contributed by atoms with Crippen molar-refractivity contribution in [2.24, 2.45) is 11.8 Å². The van der Waals surface area contributed by atoms with Gasteiger partial charge in [0.2, 0.25) is 23.6 Å². The first kappa shape index (κ1) is 23.4. The molecular weight excluding hydrogens is 494 g/mol. The molecule has 9 nitrogen and oxygen atoms in total. The summed E-state index contributed by atoms with van der Waals surface area (Å²) in [6.07, 6.45) is 2.38. The second-order valence-electron chi connectivity index (χ2n) is 10.4. The standard InChI is InChI=1S/C30H25N5O4/c1-16(36)32-18-10-12-19(13-11-18)35-27(37)25-24(14-17-15-31-22-8-4-2-6-20(17)22)34-30(26(25)28(35)38)21-7-3-5-9-23(21)33-29(30)39/h2-13,15,24-26,31,34H,14H2,1H3,(H,32,36)(H,33,39)/t24?,25-,26+,30?/m1/s1. The number of carbonyl (C=O) groups excluding carboxylic acids is 4. The molecule has 1 spiro atoms. The van der Waals surface area contributed by atoms with E-state index in [4.69, 9.17) is 0 Å². The maximum Gasteiger partial charge on any atom is 0.250 e. The Morgan fingerprint density at radius 2 is 1.69 bits per heavy atom. The lowest BCUT2D eigenvalue weighted by Gasteiger charge is -2.29. The number of fused-ring (bicyclic) bond motifs is 5. The van der Waals surface area contributed by atoms with Gasteiger partial charge in [0.05, 0.1) is 17.5 Å². The number of anilines is 3. The second kappa shape index (κ2) is 8.37. The predicted octanol–water partition coefficient (Wildman–Crippen LogP) is 3.29. The van der Waals surface area contributed by atoms with Crippen molar-refractivity contribution in [2.45, 2.75) is 24.9 Å². The minimum Gasteiger partial charge on any atom is -0.361 e. The van der Waals surface area contributed by atoms with Gasteiger partial charge in [0.1, 0.15) is 5.54 Å². The third-order valence-electron chi connectivity index (χ3n) is 8.18. The largest absolute Gasteiger partial charge is 0.361 e. The first-order valence-electron chi connectivity index (χ1n) is 12.9. The van der Waals surface area contributed by atoms with Crippen LogP contribution in [0.4, 0.5) is 17.1 Å². The maximum absolute atomic E-state index is 14.1. The van der Waals surface area contributed by atoms with Crippen LogP contribution in [-0.2, 0) is 31.1 Å². The normalized spacial score (nSPS) is 25.3. The van der Waals surface area contributed by atoms with E-state index in [-0.39, 0.29) is 17.7 Å². The van der Waals surface area contributed by atoms with Crippen molar-refractivity contribution in [3.8, 4) is 0 Å². The van der Waals surface area contributed by atoms with E-state index in [2.05, 4.69) is 20.9 Å². The molecule has 3 aliphatic rings. The van der Waals surface area contributed by atoms with Crippen LogP contribution in [-0.4, -0.2) is 34.7 Å². The van der Waals surface area contributed by atoms with Crippen LogP contribution in [0, 0.1) is 11.8 Å². The Bertz CT molecular complexity index is 1690. The molecule has 0 bridgehead atoms. The van der Waals surface area contributed by atoms with Crippen LogP contribution in [0.25, 0.3) is 10.9 Å². The highest BCUT2D eigenvalue weighted by Crippen LogP contribution is 2.54. The summed E-state index contributed by atoms with van der Waals surface area (Å²) in [6.45, 7) is 1.41. The van der Waals surface area contributed by atoms with Gasteiger partial charge in [0, 0.05) is 47.0 Å². The van der Waals surface area contributed by atoms with Gasteiger partial charge in [0.25, 0.3) is 0 Å². The van der Waals surface area contributed by atoms with Crippen molar-refractivity contribution < 1.29 is 19.2 Å². The Morgan fingerprint density at radius 3 is 2.49 bits per heavy atom. The van der Waals surface area contributed by atoms with Gasteiger partial charge in [-0.15, -0.1) is 0 Å². The molecule has 2 fully saturated rings. The van der Waals surface area contributed by atoms with E-state index < -0.39 is 29.3 Å². The van der Waals surface area contributed by atoms with Crippen LogP contribution < -0.4 is 20.9 Å². The van der Waals surface area contributed by atoms with Gasteiger partial charge < -0.3 is 15.6 Å². The number of rotatable bonds is 4. The summed E-state index contributed by atoms with van der Waals surface area (Å²) in [6, 6.07) is 21.4. The topological polar surface area (TPSA) is 123 Å². The van der Waals surface area contributed by atoms with Crippen LogP contribution in [0.5, 0.6) is 0 Å². The summed E-state index contributed by atoms with van der Waals surface area (Å²) in [7, 11) is 0.